The molecule has 134 valence electrons. The van der Waals surface area contributed by atoms with Crippen LogP contribution in [0.15, 0.2) is 42.6 Å². The van der Waals surface area contributed by atoms with Crippen molar-refractivity contribution in [3.05, 3.63) is 48.3 Å². The summed E-state index contributed by atoms with van der Waals surface area (Å²) in [4.78, 5) is 19.0. The van der Waals surface area contributed by atoms with Gasteiger partial charge in [-0.2, -0.15) is 0 Å². The highest BCUT2D eigenvalue weighted by Gasteiger charge is 2.26. The monoisotopic (exact) mass is 339 g/mol. The molecule has 0 radical (unpaired) electrons. The van der Waals surface area contributed by atoms with E-state index in [1.807, 2.05) is 31.2 Å². The highest BCUT2D eigenvalue weighted by Crippen LogP contribution is 2.38. The molecule has 1 atom stereocenters. The zero-order valence-electron chi connectivity index (χ0n) is 15.9. The van der Waals surface area contributed by atoms with E-state index in [0.717, 1.165) is 22.5 Å². The van der Waals surface area contributed by atoms with E-state index in [-0.39, 0.29) is 5.91 Å². The van der Waals surface area contributed by atoms with Gasteiger partial charge in [0.15, 0.2) is 0 Å². The third kappa shape index (κ3) is 4.01. The quantitative estimate of drug-likeness (QED) is 0.816. The number of anilines is 1. The van der Waals surface area contributed by atoms with E-state index in [2.05, 4.69) is 49.7 Å². The number of primary amides is 1. The molecule has 2 rings (SSSR count). The standard InChI is InChI=1S/C21H29N3O/c1-6-17(21(22)25)20-19(16-10-8-7-9-11-16)18(12-13-23-20)24(14(2)3)15(4)5/h7-15,17H,6H2,1-5H3,(H2,22,25). The van der Waals surface area contributed by atoms with Crippen molar-refractivity contribution in [2.24, 2.45) is 5.73 Å². The second kappa shape index (κ2) is 8.15. The molecule has 1 aromatic carbocycles. The molecule has 0 bridgehead atoms. The number of rotatable bonds is 7. The number of hydrogen-bond donors (Lipinski definition) is 1. The van der Waals surface area contributed by atoms with Crippen molar-refractivity contribution in [1.82, 2.24) is 4.98 Å². The topological polar surface area (TPSA) is 59.2 Å². The highest BCUT2D eigenvalue weighted by atomic mass is 16.1. The van der Waals surface area contributed by atoms with Gasteiger partial charge in [0.2, 0.25) is 5.91 Å². The maximum absolute atomic E-state index is 12.0. The van der Waals surface area contributed by atoms with Crippen LogP contribution in [0.5, 0.6) is 0 Å². The number of nitrogens with two attached hydrogens (primary N) is 1. The van der Waals surface area contributed by atoms with Crippen molar-refractivity contribution in [3.8, 4) is 11.1 Å². The minimum atomic E-state index is -0.392. The van der Waals surface area contributed by atoms with Crippen LogP contribution in [0.2, 0.25) is 0 Å². The fraction of sp³-hybridized carbons (Fsp3) is 0.429. The zero-order valence-corrected chi connectivity index (χ0v) is 15.9. The van der Waals surface area contributed by atoms with Crippen LogP contribution in [0, 0.1) is 0 Å². The van der Waals surface area contributed by atoms with Gasteiger partial charge in [0.1, 0.15) is 0 Å². The Balaban J connectivity index is 2.78. The molecule has 1 unspecified atom stereocenters. The lowest BCUT2D eigenvalue weighted by Crippen LogP contribution is -2.37. The minimum absolute atomic E-state index is 0.325. The van der Waals surface area contributed by atoms with Crippen LogP contribution in [-0.4, -0.2) is 23.0 Å². The van der Waals surface area contributed by atoms with Gasteiger partial charge >= 0.3 is 0 Å². The van der Waals surface area contributed by atoms with E-state index in [0.29, 0.717) is 18.5 Å². The first-order valence-corrected chi connectivity index (χ1v) is 9.00. The summed E-state index contributed by atoms with van der Waals surface area (Å²) in [6.45, 7) is 10.7. The Morgan fingerprint density at radius 3 is 2.16 bits per heavy atom. The smallest absolute Gasteiger partial charge is 0.226 e. The van der Waals surface area contributed by atoms with Crippen LogP contribution in [-0.2, 0) is 4.79 Å². The first-order chi connectivity index (χ1) is 11.9. The fourth-order valence-corrected chi connectivity index (χ4v) is 3.53. The molecule has 0 saturated heterocycles. The van der Waals surface area contributed by atoms with Crippen molar-refractivity contribution in [3.63, 3.8) is 0 Å². The number of aromatic nitrogens is 1. The highest BCUT2D eigenvalue weighted by molar-refractivity contribution is 5.88. The molecular weight excluding hydrogens is 310 g/mol. The lowest BCUT2D eigenvalue weighted by Gasteiger charge is -2.35. The van der Waals surface area contributed by atoms with Crippen molar-refractivity contribution >= 4 is 11.6 Å². The fourth-order valence-electron chi connectivity index (χ4n) is 3.53. The first kappa shape index (κ1) is 19.0. The number of amides is 1. The molecule has 0 aliphatic heterocycles. The van der Waals surface area contributed by atoms with Gasteiger partial charge in [0, 0.05) is 29.5 Å². The molecule has 0 spiro atoms. The number of pyridine rings is 1. The number of carbonyl (C=O) groups is 1. The largest absolute Gasteiger partial charge is 0.369 e. The van der Waals surface area contributed by atoms with Gasteiger partial charge in [-0.1, -0.05) is 37.3 Å². The van der Waals surface area contributed by atoms with E-state index >= 15 is 0 Å². The molecule has 0 aliphatic rings. The van der Waals surface area contributed by atoms with Crippen molar-refractivity contribution in [2.75, 3.05) is 4.90 Å². The minimum Gasteiger partial charge on any atom is -0.369 e. The number of carbonyl (C=O) groups excluding carboxylic acids is 1. The maximum Gasteiger partial charge on any atom is 0.226 e. The summed E-state index contributed by atoms with van der Waals surface area (Å²) in [7, 11) is 0. The molecule has 4 nitrogen and oxygen atoms in total. The summed E-state index contributed by atoms with van der Waals surface area (Å²) in [5.74, 6) is -0.721. The maximum atomic E-state index is 12.0. The van der Waals surface area contributed by atoms with Crippen LogP contribution in [0.1, 0.15) is 52.7 Å². The lowest BCUT2D eigenvalue weighted by atomic mass is 9.91. The predicted octanol–water partition coefficient (Wildman–Crippen LogP) is 4.35. The zero-order chi connectivity index (χ0) is 18.6. The van der Waals surface area contributed by atoms with Crippen molar-refractivity contribution in [2.45, 2.75) is 59.0 Å². The molecule has 2 N–H and O–H groups in total. The molecule has 0 saturated carbocycles. The Hall–Kier alpha value is -2.36. The third-order valence-corrected chi connectivity index (χ3v) is 4.49. The van der Waals surface area contributed by atoms with Crippen LogP contribution in [0.4, 0.5) is 5.69 Å². The molecule has 4 heteroatoms. The predicted molar refractivity (Wildman–Crippen MR) is 105 cm³/mol. The van der Waals surface area contributed by atoms with E-state index in [4.69, 9.17) is 5.73 Å². The van der Waals surface area contributed by atoms with Gasteiger partial charge in [0.25, 0.3) is 0 Å². The molecule has 1 aromatic heterocycles. The summed E-state index contributed by atoms with van der Waals surface area (Å²) in [5, 5.41) is 0. The summed E-state index contributed by atoms with van der Waals surface area (Å²) in [6.07, 6.45) is 2.43. The molecule has 25 heavy (non-hydrogen) atoms. The van der Waals surface area contributed by atoms with E-state index in [9.17, 15) is 4.79 Å². The SMILES string of the molecule is CCC(C(N)=O)c1nccc(N(C(C)C)C(C)C)c1-c1ccccc1. The van der Waals surface area contributed by atoms with Gasteiger partial charge in [-0.3, -0.25) is 9.78 Å². The van der Waals surface area contributed by atoms with Crippen LogP contribution < -0.4 is 10.6 Å². The Morgan fingerprint density at radius 2 is 1.68 bits per heavy atom. The second-order valence-electron chi connectivity index (χ2n) is 6.91. The van der Waals surface area contributed by atoms with Gasteiger partial charge in [-0.15, -0.1) is 0 Å². The van der Waals surface area contributed by atoms with Gasteiger partial charge in [-0.05, 0) is 45.7 Å². The van der Waals surface area contributed by atoms with Crippen LogP contribution >= 0.6 is 0 Å². The normalized spacial score (nSPS) is 12.4. The van der Waals surface area contributed by atoms with Crippen molar-refractivity contribution < 1.29 is 4.79 Å². The molecule has 2 aromatic rings. The average Bonchev–Trinajstić information content (AvgIpc) is 2.55. The van der Waals surface area contributed by atoms with E-state index < -0.39 is 5.92 Å². The van der Waals surface area contributed by atoms with Crippen LogP contribution in [0.25, 0.3) is 11.1 Å². The Morgan fingerprint density at radius 1 is 1.08 bits per heavy atom. The number of benzene rings is 1. The number of hydrogen-bond acceptors (Lipinski definition) is 3. The van der Waals surface area contributed by atoms with Gasteiger partial charge in [0.05, 0.1) is 11.6 Å². The summed E-state index contributed by atoms with van der Waals surface area (Å²) < 4.78 is 0. The molecule has 0 fully saturated rings. The number of nitrogens with zero attached hydrogens (tertiary/aromatic N) is 2. The van der Waals surface area contributed by atoms with E-state index in [1.54, 1.807) is 6.20 Å². The summed E-state index contributed by atoms with van der Waals surface area (Å²) >= 11 is 0. The van der Waals surface area contributed by atoms with Crippen LogP contribution in [0.3, 0.4) is 0 Å². The first-order valence-electron chi connectivity index (χ1n) is 9.00. The molecular formula is C21H29N3O. The average molecular weight is 339 g/mol. The summed E-state index contributed by atoms with van der Waals surface area (Å²) in [5.41, 5.74) is 9.62. The van der Waals surface area contributed by atoms with E-state index in [1.165, 1.54) is 0 Å². The third-order valence-electron chi connectivity index (χ3n) is 4.49. The molecule has 1 heterocycles. The van der Waals surface area contributed by atoms with Gasteiger partial charge in [-0.25, -0.2) is 0 Å². The molecule has 1 amide bonds. The lowest BCUT2D eigenvalue weighted by molar-refractivity contribution is -0.119. The van der Waals surface area contributed by atoms with Gasteiger partial charge < -0.3 is 10.6 Å². The Bertz CT molecular complexity index is 702. The Kier molecular flexibility index (Phi) is 6.18. The molecule has 0 aliphatic carbocycles. The summed E-state index contributed by atoms with van der Waals surface area (Å²) in [6, 6.07) is 12.8. The van der Waals surface area contributed by atoms with Crippen molar-refractivity contribution in [1.29, 1.82) is 0 Å². The second-order valence-corrected chi connectivity index (χ2v) is 6.91. The Labute approximate surface area is 151 Å².